The highest BCUT2D eigenvalue weighted by atomic mass is 16.5. The van der Waals surface area contributed by atoms with Crippen molar-refractivity contribution < 1.29 is 9.91 Å². The molecular weight excluding hydrogens is 184 g/mol. The van der Waals surface area contributed by atoms with Gasteiger partial charge in [-0.2, -0.15) is 0 Å². The zero-order chi connectivity index (χ0) is 9.80. The molecule has 0 amide bonds. The second-order valence-corrected chi connectivity index (χ2v) is 2.60. The maximum atomic E-state index is 10.7. The molecule has 2 aliphatic rings. The van der Waals surface area contributed by atoms with Gasteiger partial charge in [0.2, 0.25) is 12.1 Å². The van der Waals surface area contributed by atoms with Gasteiger partial charge in [-0.25, -0.2) is 5.17 Å². The maximum Gasteiger partial charge on any atom is 0.234 e. The van der Waals surface area contributed by atoms with Gasteiger partial charge in [0.1, 0.15) is 6.20 Å². The fraction of sp³-hybridized carbons (Fsp3) is 0.125. The van der Waals surface area contributed by atoms with E-state index in [0.717, 1.165) is 0 Å². The van der Waals surface area contributed by atoms with Crippen LogP contribution in [0.1, 0.15) is 0 Å². The minimum atomic E-state index is -0.424. The van der Waals surface area contributed by atoms with Crippen LogP contribution in [0.25, 0.3) is 0 Å². The summed E-state index contributed by atoms with van der Waals surface area (Å²) in [6, 6.07) is 0. The smallest absolute Gasteiger partial charge is 0.234 e. The van der Waals surface area contributed by atoms with Gasteiger partial charge >= 0.3 is 0 Å². The summed E-state index contributed by atoms with van der Waals surface area (Å²) >= 11 is 0. The van der Waals surface area contributed by atoms with Gasteiger partial charge in [-0.05, 0) is 12.2 Å². The molecule has 1 unspecified atom stereocenters. The van der Waals surface area contributed by atoms with Crippen LogP contribution in [-0.2, 0) is 4.74 Å². The molecule has 0 radical (unpaired) electrons. The van der Waals surface area contributed by atoms with Gasteiger partial charge in [0.05, 0.1) is 6.26 Å². The summed E-state index contributed by atoms with van der Waals surface area (Å²) in [5, 5.41) is 21.5. The predicted octanol–water partition coefficient (Wildman–Crippen LogP) is 0.0883. The first kappa shape index (κ1) is 8.79. The van der Waals surface area contributed by atoms with Crippen molar-refractivity contribution in [2.75, 3.05) is 0 Å². The number of ether oxygens (including phenoxy) is 1. The van der Waals surface area contributed by atoms with Gasteiger partial charge in [0.25, 0.3) is 0 Å². The average Bonchev–Trinajstić information content (AvgIpc) is 2.63. The number of azo groups is 1. The lowest BCUT2D eigenvalue weighted by Gasteiger charge is -2.07. The zero-order valence-corrected chi connectivity index (χ0v) is 7.20. The van der Waals surface area contributed by atoms with Crippen LogP contribution in [0.4, 0.5) is 0 Å². The highest BCUT2D eigenvalue weighted by Crippen LogP contribution is 2.04. The van der Waals surface area contributed by atoms with Gasteiger partial charge < -0.3 is 9.94 Å². The van der Waals surface area contributed by atoms with Crippen molar-refractivity contribution in [1.82, 2.24) is 0 Å². The molecule has 0 aromatic heterocycles. The molecule has 14 heavy (non-hydrogen) atoms. The first-order valence-electron chi connectivity index (χ1n) is 4.05. The van der Waals surface area contributed by atoms with Gasteiger partial charge in [-0.15, -0.1) is 10.2 Å². The van der Waals surface area contributed by atoms with E-state index >= 15 is 0 Å². The molecule has 0 saturated carbocycles. The fourth-order valence-electron chi connectivity index (χ4n) is 0.946. The summed E-state index contributed by atoms with van der Waals surface area (Å²) in [4.78, 5) is 0. The molecule has 2 heterocycles. The summed E-state index contributed by atoms with van der Waals surface area (Å²) in [5.41, 5.74) is 0. The third-order valence-corrected chi connectivity index (χ3v) is 1.56. The van der Waals surface area contributed by atoms with Crippen LogP contribution < -0.4 is 5.17 Å². The summed E-state index contributed by atoms with van der Waals surface area (Å²) < 4.78 is 5.07. The van der Waals surface area contributed by atoms with Crippen LogP contribution >= 0.6 is 0 Å². The van der Waals surface area contributed by atoms with Gasteiger partial charge in [0, 0.05) is 6.08 Å². The zero-order valence-electron chi connectivity index (χ0n) is 7.20. The highest BCUT2D eigenvalue weighted by molar-refractivity contribution is 5.93. The number of quaternary nitrogens is 1. The van der Waals surface area contributed by atoms with E-state index in [9.17, 15) is 5.21 Å². The molecule has 0 aromatic carbocycles. The van der Waals surface area contributed by atoms with Gasteiger partial charge in [0.15, 0.2) is 0 Å². The Hall–Kier alpha value is -1.79. The number of nitrogens with one attached hydrogen (secondary N) is 1. The standard InChI is InChI=1S/C8H8N4O2/c13-12-5-4-7(11-12)9-10-8-3-1-2-6-14-8/h1-6,8,12H/t8-/m0/s1. The van der Waals surface area contributed by atoms with Gasteiger partial charge in [-0.1, -0.05) is 11.2 Å². The molecule has 6 heteroatoms. The first-order valence-corrected chi connectivity index (χ1v) is 4.05. The second kappa shape index (κ2) is 3.95. The summed E-state index contributed by atoms with van der Waals surface area (Å²) in [6.07, 6.45) is 9.26. The number of hydroxylamine groups is 1. The molecule has 2 rings (SSSR count). The fourth-order valence-corrected chi connectivity index (χ4v) is 0.946. The molecule has 2 aliphatic heterocycles. The van der Waals surface area contributed by atoms with E-state index < -0.39 is 6.23 Å². The molecule has 0 bridgehead atoms. The van der Waals surface area contributed by atoms with Gasteiger partial charge in [-0.3, -0.25) is 0 Å². The summed E-state index contributed by atoms with van der Waals surface area (Å²) in [6.45, 7) is 0. The SMILES string of the molecule is [O-][NH+]1C=CC(N=N[C@@H]2C=CC=CO2)=N1. The van der Waals surface area contributed by atoms with E-state index in [4.69, 9.17) is 4.74 Å². The predicted molar refractivity (Wildman–Crippen MR) is 48.9 cm³/mol. The molecule has 1 N–H and O–H groups in total. The van der Waals surface area contributed by atoms with Crippen LogP contribution in [0.15, 0.2) is 52.1 Å². The Kier molecular flexibility index (Phi) is 2.48. The van der Waals surface area contributed by atoms with Crippen LogP contribution in [-0.4, -0.2) is 12.1 Å². The van der Waals surface area contributed by atoms with E-state index in [1.807, 2.05) is 6.08 Å². The Bertz CT molecular complexity index is 356. The molecule has 0 spiro atoms. The Balaban J connectivity index is 1.94. The average molecular weight is 192 g/mol. The lowest BCUT2D eigenvalue weighted by Crippen LogP contribution is -2.95. The molecule has 72 valence electrons. The Morgan fingerprint density at radius 2 is 2.43 bits per heavy atom. The molecule has 6 nitrogen and oxygen atoms in total. The topological polar surface area (TPSA) is 73.8 Å². The van der Waals surface area contributed by atoms with Crippen molar-refractivity contribution in [1.29, 1.82) is 0 Å². The number of amidine groups is 1. The number of nitrogens with zero attached hydrogens (tertiary/aromatic N) is 3. The van der Waals surface area contributed by atoms with Crippen LogP contribution in [0.3, 0.4) is 0 Å². The number of allylic oxidation sites excluding steroid dienone is 2. The minimum absolute atomic E-state index is 0.307. The molecule has 0 fully saturated rings. The van der Waals surface area contributed by atoms with Crippen LogP contribution in [0, 0.1) is 5.21 Å². The lowest BCUT2D eigenvalue weighted by atomic mass is 10.4. The Morgan fingerprint density at radius 3 is 3.07 bits per heavy atom. The first-order chi connectivity index (χ1) is 6.84. The summed E-state index contributed by atoms with van der Waals surface area (Å²) in [7, 11) is 0. The van der Waals surface area contributed by atoms with Crippen molar-refractivity contribution in [2.24, 2.45) is 15.3 Å². The quantitative estimate of drug-likeness (QED) is 0.472. The van der Waals surface area contributed by atoms with E-state index in [-0.39, 0.29) is 5.17 Å². The monoisotopic (exact) mass is 192 g/mol. The normalized spacial score (nSPS) is 29.6. The minimum Gasteiger partial charge on any atom is -0.601 e. The highest BCUT2D eigenvalue weighted by Gasteiger charge is 2.07. The van der Waals surface area contributed by atoms with Crippen molar-refractivity contribution in [3.05, 3.63) is 42.0 Å². The summed E-state index contributed by atoms with van der Waals surface area (Å²) in [5.74, 6) is 0.307. The largest absolute Gasteiger partial charge is 0.601 e. The number of rotatable bonds is 1. The van der Waals surface area contributed by atoms with E-state index in [1.165, 1.54) is 18.5 Å². The lowest BCUT2D eigenvalue weighted by molar-refractivity contribution is -0.795. The third-order valence-electron chi connectivity index (χ3n) is 1.56. The molecule has 0 saturated heterocycles. The van der Waals surface area contributed by atoms with E-state index in [0.29, 0.717) is 5.84 Å². The van der Waals surface area contributed by atoms with Crippen molar-refractivity contribution >= 4 is 5.84 Å². The second-order valence-electron chi connectivity index (χ2n) is 2.60. The third kappa shape index (κ3) is 2.12. The van der Waals surface area contributed by atoms with E-state index in [1.54, 1.807) is 12.2 Å². The number of hydrogen-bond acceptors (Lipinski definition) is 5. The number of hydrogen-bond donors (Lipinski definition) is 1. The molecule has 0 aromatic rings. The van der Waals surface area contributed by atoms with Crippen molar-refractivity contribution in [3.63, 3.8) is 0 Å². The van der Waals surface area contributed by atoms with E-state index in [2.05, 4.69) is 15.3 Å². The van der Waals surface area contributed by atoms with Crippen molar-refractivity contribution in [2.45, 2.75) is 6.23 Å². The Morgan fingerprint density at radius 1 is 1.50 bits per heavy atom. The molecular formula is C8H8N4O2. The maximum absolute atomic E-state index is 10.7. The van der Waals surface area contributed by atoms with Crippen molar-refractivity contribution in [3.8, 4) is 0 Å². The Labute approximate surface area is 80.1 Å². The van der Waals surface area contributed by atoms with Crippen LogP contribution in [0.2, 0.25) is 0 Å². The molecule has 2 atom stereocenters. The molecule has 0 aliphatic carbocycles. The van der Waals surface area contributed by atoms with Crippen LogP contribution in [0.5, 0.6) is 0 Å².